The molecular formula is C38H41IrN2O2Si-. The molecule has 0 saturated heterocycles. The van der Waals surface area contributed by atoms with Crippen LogP contribution < -0.4 is 5.19 Å². The van der Waals surface area contributed by atoms with Crippen LogP contribution in [0.4, 0.5) is 0 Å². The Morgan fingerprint density at radius 1 is 0.841 bits per heavy atom. The molecule has 1 N–H and O–H groups in total. The van der Waals surface area contributed by atoms with Crippen LogP contribution in [0.1, 0.15) is 47.1 Å². The number of rotatable bonds is 3. The number of hydrogen-bond acceptors (Lipinski definition) is 4. The zero-order chi connectivity index (χ0) is 31.7. The van der Waals surface area contributed by atoms with Crippen molar-refractivity contribution in [2.24, 2.45) is 10.8 Å². The van der Waals surface area contributed by atoms with Gasteiger partial charge in [0.1, 0.15) is 5.76 Å². The van der Waals surface area contributed by atoms with E-state index in [0.717, 1.165) is 27.4 Å². The van der Waals surface area contributed by atoms with Gasteiger partial charge in [-0.05, 0) is 33.2 Å². The first-order valence-electron chi connectivity index (χ1n) is 14.6. The average Bonchev–Trinajstić information content (AvgIpc) is 2.94. The molecule has 44 heavy (non-hydrogen) atoms. The predicted octanol–water partition coefficient (Wildman–Crippen LogP) is 9.51. The summed E-state index contributed by atoms with van der Waals surface area (Å²) >= 11 is 0. The van der Waals surface area contributed by atoms with Crippen molar-refractivity contribution >= 4 is 51.4 Å². The van der Waals surface area contributed by atoms with Gasteiger partial charge in [-0.15, -0.1) is 23.6 Å². The zero-order valence-electron chi connectivity index (χ0n) is 27.1. The number of nitrogens with zero attached hydrogens (tertiary/aromatic N) is 2. The van der Waals surface area contributed by atoms with Gasteiger partial charge in [-0.2, -0.15) is 5.26 Å². The third-order valence-electron chi connectivity index (χ3n) is 7.54. The second-order valence-electron chi connectivity index (χ2n) is 14.1. The molecule has 5 aromatic rings. The molecule has 6 heteroatoms. The number of nitriles is 1. The largest absolute Gasteiger partial charge is 0.512 e. The van der Waals surface area contributed by atoms with E-state index in [1.54, 1.807) is 0 Å². The van der Waals surface area contributed by atoms with Crippen LogP contribution in [0.25, 0.3) is 43.6 Å². The van der Waals surface area contributed by atoms with Gasteiger partial charge in [0.25, 0.3) is 0 Å². The summed E-state index contributed by atoms with van der Waals surface area (Å²) in [5, 5.41) is 27.5. The van der Waals surface area contributed by atoms with E-state index < -0.39 is 13.5 Å². The fourth-order valence-electron chi connectivity index (χ4n) is 4.90. The molecule has 1 heterocycles. The van der Waals surface area contributed by atoms with Crippen LogP contribution in [-0.4, -0.2) is 23.9 Å². The third kappa shape index (κ3) is 7.53. The maximum absolute atomic E-state index is 11.5. The van der Waals surface area contributed by atoms with Gasteiger partial charge in [0, 0.05) is 48.9 Å². The number of carbonyl (C=O) groups excluding carboxylic acids is 1. The summed E-state index contributed by atoms with van der Waals surface area (Å²) in [5.74, 6) is 0.104. The molecule has 229 valence electrons. The fraction of sp³-hybridized carbons (Fsp3) is 0.289. The molecule has 0 spiro atoms. The number of benzene rings is 4. The van der Waals surface area contributed by atoms with E-state index in [9.17, 15) is 15.2 Å². The minimum Gasteiger partial charge on any atom is -0.512 e. The summed E-state index contributed by atoms with van der Waals surface area (Å²) in [4.78, 5) is 16.2. The molecule has 0 atom stereocenters. The standard InChI is InChI=1S/C27H21N2Si.C11H20O2.Ir/c1-30(2,3)26-10-6-9-22-23-13-14-29-27(25(23)12-11-24(22)26)19-15-18-7-4-5-8-21(18)20(16-19)17-28;1-10(2,3)8(12)7-9(13)11(4,5)6;/h4-14,16H,1-3H3;7,12H,1-6H3;/q-1;;/b;8-7-;. The normalized spacial score (nSPS) is 12.3. The second kappa shape index (κ2) is 13.2. The van der Waals surface area contributed by atoms with Gasteiger partial charge in [0.05, 0.1) is 14.1 Å². The van der Waals surface area contributed by atoms with Gasteiger partial charge < -0.3 is 5.11 Å². The van der Waals surface area contributed by atoms with Crippen LogP contribution in [-0.2, 0) is 24.9 Å². The summed E-state index contributed by atoms with van der Waals surface area (Å²) in [6, 6.07) is 28.8. The van der Waals surface area contributed by atoms with Crippen LogP contribution in [0, 0.1) is 28.2 Å². The number of hydrogen-bond donors (Lipinski definition) is 1. The molecule has 0 fully saturated rings. The Bertz CT molecular complexity index is 1920. The molecule has 0 unspecified atom stereocenters. The summed E-state index contributed by atoms with van der Waals surface area (Å²) in [5.41, 5.74) is 1.62. The van der Waals surface area contributed by atoms with Crippen molar-refractivity contribution in [3.05, 3.63) is 96.4 Å². The van der Waals surface area contributed by atoms with Crippen molar-refractivity contribution in [2.75, 3.05) is 0 Å². The molecule has 0 aliphatic carbocycles. The first-order chi connectivity index (χ1) is 20.0. The van der Waals surface area contributed by atoms with E-state index in [1.165, 1.54) is 27.4 Å². The average molecular weight is 778 g/mol. The Hall–Kier alpha value is -3.62. The molecule has 1 aromatic heterocycles. The molecule has 0 saturated carbocycles. The molecule has 4 nitrogen and oxygen atoms in total. The quantitative estimate of drug-likeness (QED) is 0.0652. The maximum atomic E-state index is 11.5. The van der Waals surface area contributed by atoms with Gasteiger partial charge in [0.2, 0.25) is 0 Å². The Kier molecular flexibility index (Phi) is 10.4. The number of fused-ring (bicyclic) bond motifs is 4. The van der Waals surface area contributed by atoms with Crippen LogP contribution in [0.3, 0.4) is 0 Å². The summed E-state index contributed by atoms with van der Waals surface area (Å²) in [6.45, 7) is 18.3. The monoisotopic (exact) mass is 778 g/mol. The minimum absolute atomic E-state index is 0. The number of pyridine rings is 1. The van der Waals surface area contributed by atoms with E-state index in [-0.39, 0.29) is 37.1 Å². The SMILES string of the molecule is CC(C)(C)C(=O)/C=C(\O)C(C)(C)C.C[Si](C)(C)c1cccc2c1ccc1c(-c3[c-]c4ccccc4c(C#N)c3)nccc12.[Ir]. The van der Waals surface area contributed by atoms with Crippen LogP contribution in [0.2, 0.25) is 19.6 Å². The second-order valence-corrected chi connectivity index (χ2v) is 19.2. The number of allylic oxidation sites excluding steroid dienone is 2. The van der Waals surface area contributed by atoms with E-state index in [2.05, 4.69) is 68.2 Å². The third-order valence-corrected chi connectivity index (χ3v) is 9.59. The van der Waals surface area contributed by atoms with Crippen molar-refractivity contribution in [3.63, 3.8) is 0 Å². The summed E-state index contributed by atoms with van der Waals surface area (Å²) in [6.07, 6.45) is 3.20. The van der Waals surface area contributed by atoms with Crippen molar-refractivity contribution in [1.29, 1.82) is 5.26 Å². The molecule has 0 aliphatic heterocycles. The molecule has 4 aromatic carbocycles. The first-order valence-corrected chi connectivity index (χ1v) is 18.1. The van der Waals surface area contributed by atoms with Gasteiger partial charge in [-0.3, -0.25) is 9.78 Å². The van der Waals surface area contributed by atoms with Gasteiger partial charge in [-0.25, -0.2) is 0 Å². The van der Waals surface area contributed by atoms with Gasteiger partial charge in [0.15, 0.2) is 5.78 Å². The number of carbonyl (C=O) groups is 1. The molecule has 0 aliphatic rings. The Morgan fingerprint density at radius 2 is 1.45 bits per heavy atom. The zero-order valence-corrected chi connectivity index (χ0v) is 30.5. The Labute approximate surface area is 276 Å². The van der Waals surface area contributed by atoms with Crippen molar-refractivity contribution < 1.29 is 30.0 Å². The molecular weight excluding hydrogens is 737 g/mol. The predicted molar refractivity (Wildman–Crippen MR) is 183 cm³/mol. The van der Waals surface area contributed by atoms with Gasteiger partial charge in [-0.1, -0.05) is 126 Å². The molecule has 5 rings (SSSR count). The number of aliphatic hydroxyl groups excluding tert-OH is 1. The van der Waals surface area contributed by atoms with Crippen molar-refractivity contribution in [1.82, 2.24) is 4.98 Å². The number of aromatic nitrogens is 1. The fourth-order valence-corrected chi connectivity index (χ4v) is 6.52. The van der Waals surface area contributed by atoms with Crippen LogP contribution >= 0.6 is 0 Å². The maximum Gasteiger partial charge on any atom is 0.164 e. The first kappa shape index (κ1) is 34.9. The molecule has 0 amide bonds. The topological polar surface area (TPSA) is 74.0 Å². The minimum atomic E-state index is -1.46. The van der Waals surface area contributed by atoms with Crippen LogP contribution in [0.5, 0.6) is 0 Å². The summed E-state index contributed by atoms with van der Waals surface area (Å²) in [7, 11) is -1.46. The van der Waals surface area contributed by atoms with Crippen molar-refractivity contribution in [3.8, 4) is 17.3 Å². The summed E-state index contributed by atoms with van der Waals surface area (Å²) < 4.78 is 0. The molecule has 1 radical (unpaired) electrons. The van der Waals surface area contributed by atoms with Crippen molar-refractivity contribution in [2.45, 2.75) is 61.2 Å². The van der Waals surface area contributed by atoms with E-state index >= 15 is 0 Å². The number of ketones is 1. The van der Waals surface area contributed by atoms with Crippen LogP contribution in [0.15, 0.2) is 84.8 Å². The Balaban J connectivity index is 0.000000324. The molecule has 0 bridgehead atoms. The Morgan fingerprint density at radius 3 is 2.07 bits per heavy atom. The van der Waals surface area contributed by atoms with Gasteiger partial charge >= 0.3 is 0 Å². The smallest absolute Gasteiger partial charge is 0.164 e. The van der Waals surface area contributed by atoms with E-state index in [4.69, 9.17) is 4.98 Å². The van der Waals surface area contributed by atoms with E-state index in [1.807, 2.05) is 78.1 Å². The number of aliphatic hydroxyl groups is 1. The van der Waals surface area contributed by atoms with E-state index in [0.29, 0.717) is 5.56 Å².